The summed E-state index contributed by atoms with van der Waals surface area (Å²) in [7, 11) is 0. The number of nitrogens with zero attached hydrogens (tertiary/aromatic N) is 1. The highest BCUT2D eigenvalue weighted by Crippen LogP contribution is 2.34. The molecule has 0 spiro atoms. The van der Waals surface area contributed by atoms with Crippen LogP contribution in [-0.4, -0.2) is 42.0 Å². The van der Waals surface area contributed by atoms with E-state index in [1.165, 1.54) is 0 Å². The Balaban J connectivity index is 2.10. The standard InChI is InChI=1S/C12H19FN2O2/c1-8-7-10(16)14-11(9-3-4-9)12(17)15(8)6-2-5-13/h8-9,11H,2-7H2,1H3,(H,14,16). The second-order valence-electron chi connectivity index (χ2n) is 5.01. The van der Waals surface area contributed by atoms with Gasteiger partial charge in [0.05, 0.1) is 6.67 Å². The Labute approximate surface area is 101 Å². The lowest BCUT2D eigenvalue weighted by Crippen LogP contribution is -2.47. The first-order chi connectivity index (χ1) is 8.13. The fourth-order valence-electron chi connectivity index (χ4n) is 2.38. The molecule has 1 aliphatic heterocycles. The molecule has 0 aromatic carbocycles. The molecule has 96 valence electrons. The van der Waals surface area contributed by atoms with Crippen molar-refractivity contribution in [1.82, 2.24) is 10.2 Å². The van der Waals surface area contributed by atoms with Crippen LogP contribution in [0, 0.1) is 5.92 Å². The van der Waals surface area contributed by atoms with Crippen molar-refractivity contribution >= 4 is 11.8 Å². The summed E-state index contributed by atoms with van der Waals surface area (Å²) < 4.78 is 12.2. The minimum atomic E-state index is -0.425. The van der Waals surface area contributed by atoms with E-state index in [4.69, 9.17) is 0 Å². The number of amides is 2. The quantitative estimate of drug-likeness (QED) is 0.795. The van der Waals surface area contributed by atoms with E-state index in [2.05, 4.69) is 5.32 Å². The lowest BCUT2D eigenvalue weighted by molar-refractivity contribution is -0.135. The van der Waals surface area contributed by atoms with Gasteiger partial charge in [0.2, 0.25) is 11.8 Å². The van der Waals surface area contributed by atoms with Crippen LogP contribution in [0.25, 0.3) is 0 Å². The summed E-state index contributed by atoms with van der Waals surface area (Å²) in [6, 6.07) is -0.495. The van der Waals surface area contributed by atoms with Crippen LogP contribution < -0.4 is 5.32 Å². The average molecular weight is 242 g/mol. The molecule has 2 unspecified atom stereocenters. The summed E-state index contributed by atoms with van der Waals surface area (Å²) in [4.78, 5) is 25.6. The molecule has 1 saturated carbocycles. The molecule has 2 atom stereocenters. The van der Waals surface area contributed by atoms with E-state index >= 15 is 0 Å². The molecule has 1 aliphatic carbocycles. The van der Waals surface area contributed by atoms with Gasteiger partial charge in [-0.25, -0.2) is 0 Å². The molecule has 4 nitrogen and oxygen atoms in total. The highest BCUT2D eigenvalue weighted by Gasteiger charge is 2.42. The molecule has 5 heteroatoms. The topological polar surface area (TPSA) is 49.4 Å². The smallest absolute Gasteiger partial charge is 0.245 e. The van der Waals surface area contributed by atoms with Crippen LogP contribution in [0.5, 0.6) is 0 Å². The average Bonchev–Trinajstić information content (AvgIpc) is 3.09. The predicted molar refractivity (Wildman–Crippen MR) is 61.0 cm³/mol. The predicted octanol–water partition coefficient (Wildman–Crippen LogP) is 0.862. The van der Waals surface area contributed by atoms with E-state index in [0.29, 0.717) is 25.3 Å². The first-order valence-corrected chi connectivity index (χ1v) is 6.29. The molecule has 1 N–H and O–H groups in total. The van der Waals surface area contributed by atoms with Gasteiger partial charge in [0.25, 0.3) is 0 Å². The third kappa shape index (κ3) is 2.76. The first kappa shape index (κ1) is 12.3. The number of rotatable bonds is 4. The Morgan fingerprint density at radius 2 is 2.12 bits per heavy atom. The van der Waals surface area contributed by atoms with Gasteiger partial charge in [0.1, 0.15) is 6.04 Å². The fraction of sp³-hybridized carbons (Fsp3) is 0.833. The third-order valence-corrected chi connectivity index (χ3v) is 3.50. The Kier molecular flexibility index (Phi) is 3.64. The monoisotopic (exact) mass is 242 g/mol. The van der Waals surface area contributed by atoms with Crippen LogP contribution in [0.4, 0.5) is 4.39 Å². The number of alkyl halides is 1. The van der Waals surface area contributed by atoms with E-state index in [0.717, 1.165) is 12.8 Å². The Morgan fingerprint density at radius 1 is 1.41 bits per heavy atom. The molecule has 0 aromatic heterocycles. The van der Waals surface area contributed by atoms with Gasteiger partial charge >= 0.3 is 0 Å². The van der Waals surface area contributed by atoms with Gasteiger partial charge in [0, 0.05) is 19.0 Å². The zero-order valence-electron chi connectivity index (χ0n) is 10.1. The van der Waals surface area contributed by atoms with Crippen molar-refractivity contribution in [3.63, 3.8) is 0 Å². The van der Waals surface area contributed by atoms with Gasteiger partial charge in [-0.05, 0) is 32.1 Å². The van der Waals surface area contributed by atoms with Crippen molar-refractivity contribution in [1.29, 1.82) is 0 Å². The SMILES string of the molecule is CC1CC(=O)NC(C2CC2)C(=O)N1CCCF. The number of carbonyl (C=O) groups is 2. The fourth-order valence-corrected chi connectivity index (χ4v) is 2.38. The van der Waals surface area contributed by atoms with Gasteiger partial charge in [-0.1, -0.05) is 0 Å². The number of carbonyl (C=O) groups excluding carboxylic acids is 2. The van der Waals surface area contributed by atoms with Crippen LogP contribution in [0.3, 0.4) is 0 Å². The van der Waals surface area contributed by atoms with Crippen LogP contribution in [0.15, 0.2) is 0 Å². The van der Waals surface area contributed by atoms with E-state index in [-0.39, 0.29) is 23.9 Å². The van der Waals surface area contributed by atoms with Crippen LogP contribution in [0.1, 0.15) is 32.6 Å². The summed E-state index contributed by atoms with van der Waals surface area (Å²) >= 11 is 0. The highest BCUT2D eigenvalue weighted by atomic mass is 19.1. The van der Waals surface area contributed by atoms with Gasteiger partial charge in [-0.2, -0.15) is 0 Å². The third-order valence-electron chi connectivity index (χ3n) is 3.50. The van der Waals surface area contributed by atoms with Gasteiger partial charge in [0.15, 0.2) is 0 Å². The first-order valence-electron chi connectivity index (χ1n) is 6.29. The van der Waals surface area contributed by atoms with Crippen LogP contribution in [-0.2, 0) is 9.59 Å². The zero-order chi connectivity index (χ0) is 12.4. The molecule has 1 saturated heterocycles. The van der Waals surface area contributed by atoms with Crippen molar-refractivity contribution in [3.8, 4) is 0 Å². The molecule has 2 aliphatic rings. The summed E-state index contributed by atoms with van der Waals surface area (Å²) in [5, 5.41) is 2.80. The lowest BCUT2D eigenvalue weighted by atomic mass is 10.1. The van der Waals surface area contributed by atoms with Crippen molar-refractivity contribution in [3.05, 3.63) is 0 Å². The molecule has 2 rings (SSSR count). The number of hydrogen-bond acceptors (Lipinski definition) is 2. The van der Waals surface area contributed by atoms with Crippen molar-refractivity contribution < 1.29 is 14.0 Å². The molecule has 17 heavy (non-hydrogen) atoms. The molecular weight excluding hydrogens is 223 g/mol. The molecule has 2 fully saturated rings. The zero-order valence-corrected chi connectivity index (χ0v) is 10.1. The van der Waals surface area contributed by atoms with Crippen molar-refractivity contribution in [2.24, 2.45) is 5.92 Å². The summed E-state index contributed by atoms with van der Waals surface area (Å²) in [6.45, 7) is 1.84. The van der Waals surface area contributed by atoms with Gasteiger partial charge in [-0.15, -0.1) is 0 Å². The molecule has 1 heterocycles. The lowest BCUT2D eigenvalue weighted by Gasteiger charge is -2.28. The number of nitrogens with one attached hydrogen (secondary N) is 1. The van der Waals surface area contributed by atoms with Gasteiger partial charge < -0.3 is 10.2 Å². The van der Waals surface area contributed by atoms with Crippen molar-refractivity contribution in [2.45, 2.75) is 44.7 Å². The van der Waals surface area contributed by atoms with Crippen LogP contribution in [0.2, 0.25) is 0 Å². The maximum Gasteiger partial charge on any atom is 0.245 e. The second kappa shape index (κ2) is 5.02. The van der Waals surface area contributed by atoms with Crippen molar-refractivity contribution in [2.75, 3.05) is 13.2 Å². The molecule has 2 amide bonds. The molecule has 0 radical (unpaired) electrons. The molecular formula is C12H19FN2O2. The summed E-state index contributed by atoms with van der Waals surface area (Å²) in [6.07, 6.45) is 2.67. The second-order valence-corrected chi connectivity index (χ2v) is 5.01. The number of halogens is 1. The minimum absolute atomic E-state index is 0.0284. The maximum absolute atomic E-state index is 12.3. The maximum atomic E-state index is 12.3. The summed E-state index contributed by atoms with van der Waals surface area (Å²) in [5.41, 5.74) is 0. The molecule has 0 aromatic rings. The summed E-state index contributed by atoms with van der Waals surface area (Å²) in [5.74, 6) is 0.203. The minimum Gasteiger partial charge on any atom is -0.344 e. The van der Waals surface area contributed by atoms with Gasteiger partial charge in [-0.3, -0.25) is 14.0 Å². The Morgan fingerprint density at radius 3 is 2.71 bits per heavy atom. The number of hydrogen-bond donors (Lipinski definition) is 1. The van der Waals surface area contributed by atoms with Crippen LogP contribution >= 0.6 is 0 Å². The normalized spacial score (nSPS) is 30.1. The van der Waals surface area contributed by atoms with E-state index in [1.54, 1.807) is 4.90 Å². The Hall–Kier alpha value is -1.13. The highest BCUT2D eigenvalue weighted by molar-refractivity contribution is 5.91. The van der Waals surface area contributed by atoms with E-state index in [9.17, 15) is 14.0 Å². The Bertz CT molecular complexity index is 318. The van der Waals surface area contributed by atoms with E-state index < -0.39 is 6.67 Å². The molecule has 0 bridgehead atoms. The van der Waals surface area contributed by atoms with E-state index in [1.807, 2.05) is 6.92 Å². The largest absolute Gasteiger partial charge is 0.344 e.